The number of urea groups is 1. The second kappa shape index (κ2) is 25.5. The molecule has 2 rings (SSSR count). The normalized spacial score (nSPS) is 19.7. The van der Waals surface area contributed by atoms with Crippen LogP contribution < -0.4 is 21.3 Å². The van der Waals surface area contributed by atoms with Crippen molar-refractivity contribution in [1.82, 2.24) is 26.2 Å². The first kappa shape index (κ1) is 44.6. The van der Waals surface area contributed by atoms with E-state index in [1.165, 1.54) is 19.6 Å². The van der Waals surface area contributed by atoms with Crippen molar-refractivity contribution in [2.45, 2.75) is 109 Å². The molecule has 0 spiro atoms. The molecule has 2 saturated heterocycles. The molecular formula is C31H58N5O11PS. The van der Waals surface area contributed by atoms with Crippen molar-refractivity contribution in [3.63, 3.8) is 0 Å². The van der Waals surface area contributed by atoms with Crippen LogP contribution in [0.15, 0.2) is 0 Å². The number of unbranched alkanes of at least 4 members (excludes halogenated alkanes) is 3. The minimum absolute atomic E-state index is 0.0111. The maximum absolute atomic E-state index is 12.0. The number of thioether (sulfide) groups is 1. The van der Waals surface area contributed by atoms with E-state index in [2.05, 4.69) is 46.9 Å². The van der Waals surface area contributed by atoms with E-state index in [1.807, 2.05) is 11.8 Å². The van der Waals surface area contributed by atoms with Crippen molar-refractivity contribution in [1.29, 1.82) is 0 Å². The Balaban J connectivity index is 0.00000154. The SMILES string of the molecule is CC(=O)OCC(COP(=O)(O)OCCNC(=O)CCCCCNC(=O)CCCCC1SC[C@@H]2NC(=O)N[C@H]12)OC(C)=O.CCN(CC)CC. The van der Waals surface area contributed by atoms with E-state index in [4.69, 9.17) is 18.5 Å². The van der Waals surface area contributed by atoms with E-state index >= 15 is 0 Å². The van der Waals surface area contributed by atoms with Crippen LogP contribution in [0.4, 0.5) is 4.79 Å². The fraction of sp³-hybridized carbons (Fsp3) is 0.839. The minimum atomic E-state index is -4.49. The molecule has 0 radical (unpaired) electrons. The summed E-state index contributed by atoms with van der Waals surface area (Å²) in [6, 6.07) is 0.310. The van der Waals surface area contributed by atoms with Gasteiger partial charge in [-0.1, -0.05) is 33.6 Å². The molecule has 2 fully saturated rings. The highest BCUT2D eigenvalue weighted by atomic mass is 32.2. The van der Waals surface area contributed by atoms with Gasteiger partial charge in [0.2, 0.25) is 11.8 Å². The molecule has 0 bridgehead atoms. The van der Waals surface area contributed by atoms with Gasteiger partial charge in [0.25, 0.3) is 0 Å². The lowest BCUT2D eigenvalue weighted by molar-refractivity contribution is -0.158. The third-order valence-corrected chi connectivity index (χ3v) is 10.2. The van der Waals surface area contributed by atoms with Crippen molar-refractivity contribution >= 4 is 49.4 Å². The molecule has 2 aliphatic heterocycles. The fourth-order valence-corrected chi connectivity index (χ4v) is 7.36. The van der Waals surface area contributed by atoms with Gasteiger partial charge < -0.3 is 40.5 Å². The number of ether oxygens (including phenoxy) is 2. The third kappa shape index (κ3) is 21.4. The first-order chi connectivity index (χ1) is 23.3. The van der Waals surface area contributed by atoms with Gasteiger partial charge >= 0.3 is 25.8 Å². The average molecular weight is 740 g/mol. The number of amides is 4. The lowest BCUT2D eigenvalue weighted by Crippen LogP contribution is -2.36. The van der Waals surface area contributed by atoms with Crippen LogP contribution in [0.3, 0.4) is 0 Å². The average Bonchev–Trinajstić information content (AvgIpc) is 3.60. The Hall–Kier alpha value is -2.43. The largest absolute Gasteiger partial charge is 0.472 e. The number of rotatable bonds is 24. The third-order valence-electron chi connectivity index (χ3n) is 7.73. The number of nitrogens with one attached hydrogen (secondary N) is 4. The van der Waals surface area contributed by atoms with Gasteiger partial charge in [-0.3, -0.25) is 28.2 Å². The highest BCUT2D eigenvalue weighted by molar-refractivity contribution is 8.00. The van der Waals surface area contributed by atoms with Gasteiger partial charge in [-0.05, 0) is 45.3 Å². The van der Waals surface area contributed by atoms with E-state index in [-0.39, 0.29) is 56.1 Å². The Labute approximate surface area is 294 Å². The van der Waals surface area contributed by atoms with Gasteiger partial charge in [0.05, 0.1) is 25.3 Å². The molecule has 2 heterocycles. The molecule has 18 heteroatoms. The van der Waals surface area contributed by atoms with Crippen LogP contribution in [0.25, 0.3) is 0 Å². The Bertz CT molecular complexity index is 1060. The summed E-state index contributed by atoms with van der Waals surface area (Å²) >= 11 is 1.87. The second-order valence-corrected chi connectivity index (χ2v) is 14.4. The summed E-state index contributed by atoms with van der Waals surface area (Å²) in [6.07, 6.45) is 4.47. The number of carbonyl (C=O) groups excluding carboxylic acids is 5. The van der Waals surface area contributed by atoms with Gasteiger partial charge in [-0.15, -0.1) is 0 Å². The molecule has 0 aromatic carbocycles. The van der Waals surface area contributed by atoms with Crippen LogP contribution in [-0.4, -0.2) is 121 Å². The number of phosphoric acid groups is 1. The quantitative estimate of drug-likeness (QED) is 0.0418. The predicted octanol–water partition coefficient (Wildman–Crippen LogP) is 2.48. The maximum Gasteiger partial charge on any atom is 0.472 e. The highest BCUT2D eigenvalue weighted by Gasteiger charge is 2.42. The molecule has 5 atom stereocenters. The van der Waals surface area contributed by atoms with Gasteiger partial charge in [0.15, 0.2) is 6.10 Å². The predicted molar refractivity (Wildman–Crippen MR) is 186 cm³/mol. The molecule has 284 valence electrons. The number of phosphoric ester groups is 1. The van der Waals surface area contributed by atoms with Crippen molar-refractivity contribution in [2.75, 3.05) is 58.3 Å². The highest BCUT2D eigenvalue weighted by Crippen LogP contribution is 2.43. The lowest BCUT2D eigenvalue weighted by atomic mass is 10.0. The molecule has 49 heavy (non-hydrogen) atoms. The molecule has 4 amide bonds. The maximum atomic E-state index is 12.0. The molecule has 0 aromatic rings. The van der Waals surface area contributed by atoms with Crippen LogP contribution in [0.1, 0.15) is 86.0 Å². The van der Waals surface area contributed by atoms with Crippen LogP contribution in [0, 0.1) is 0 Å². The zero-order chi connectivity index (χ0) is 36.7. The summed E-state index contributed by atoms with van der Waals surface area (Å²) < 4.78 is 31.1. The molecule has 0 aliphatic carbocycles. The second-order valence-electron chi connectivity index (χ2n) is 11.6. The monoisotopic (exact) mass is 739 g/mol. The fourth-order valence-electron chi connectivity index (χ4n) is 5.06. The van der Waals surface area contributed by atoms with E-state index < -0.39 is 32.5 Å². The van der Waals surface area contributed by atoms with Crippen LogP contribution >= 0.6 is 19.6 Å². The first-order valence-electron chi connectivity index (χ1n) is 17.2. The zero-order valence-electron chi connectivity index (χ0n) is 29.7. The van der Waals surface area contributed by atoms with Crippen molar-refractivity contribution < 1.29 is 52.0 Å². The Kier molecular flexibility index (Phi) is 23.2. The van der Waals surface area contributed by atoms with Gasteiger partial charge in [-0.2, -0.15) is 11.8 Å². The number of fused-ring (bicyclic) bond motifs is 1. The topological polar surface area (TPSA) is 211 Å². The summed E-state index contributed by atoms with van der Waals surface area (Å²) in [6.45, 7) is 11.8. The van der Waals surface area contributed by atoms with Crippen molar-refractivity contribution in [3.8, 4) is 0 Å². The number of carbonyl (C=O) groups is 5. The summed E-state index contributed by atoms with van der Waals surface area (Å²) in [5, 5.41) is 11.8. The van der Waals surface area contributed by atoms with Crippen LogP contribution in [-0.2, 0) is 42.3 Å². The molecular weight excluding hydrogens is 681 g/mol. The number of esters is 2. The summed E-state index contributed by atoms with van der Waals surface area (Å²) in [4.78, 5) is 69.6. The molecule has 2 aliphatic rings. The zero-order valence-corrected chi connectivity index (χ0v) is 31.4. The van der Waals surface area contributed by atoms with E-state index in [0.717, 1.165) is 51.7 Å². The summed E-state index contributed by atoms with van der Waals surface area (Å²) in [5.74, 6) is -0.606. The first-order valence-corrected chi connectivity index (χ1v) is 19.7. The molecule has 0 saturated carbocycles. The molecule has 0 aromatic heterocycles. The van der Waals surface area contributed by atoms with E-state index in [9.17, 15) is 33.4 Å². The Morgan fingerprint density at radius 3 is 2.12 bits per heavy atom. The van der Waals surface area contributed by atoms with Crippen LogP contribution in [0.2, 0.25) is 0 Å². The minimum Gasteiger partial charge on any atom is -0.462 e. The number of hydrogen-bond acceptors (Lipinski definition) is 12. The Morgan fingerprint density at radius 2 is 1.53 bits per heavy atom. The van der Waals surface area contributed by atoms with Gasteiger partial charge in [0.1, 0.15) is 6.61 Å². The number of nitrogens with zero attached hydrogens (tertiary/aromatic N) is 1. The van der Waals surface area contributed by atoms with E-state index in [0.29, 0.717) is 24.6 Å². The smallest absolute Gasteiger partial charge is 0.462 e. The van der Waals surface area contributed by atoms with Crippen molar-refractivity contribution in [3.05, 3.63) is 0 Å². The lowest BCUT2D eigenvalue weighted by Gasteiger charge is -2.18. The Morgan fingerprint density at radius 1 is 0.898 bits per heavy atom. The van der Waals surface area contributed by atoms with Crippen LogP contribution in [0.5, 0.6) is 0 Å². The van der Waals surface area contributed by atoms with Gasteiger partial charge in [0, 0.05) is 50.8 Å². The number of hydrogen-bond donors (Lipinski definition) is 5. The van der Waals surface area contributed by atoms with Gasteiger partial charge in [-0.25, -0.2) is 9.36 Å². The van der Waals surface area contributed by atoms with Crippen molar-refractivity contribution in [2.24, 2.45) is 0 Å². The van der Waals surface area contributed by atoms with E-state index in [1.54, 1.807) is 0 Å². The molecule has 3 unspecified atom stereocenters. The standard InChI is InChI=1S/C25H43N4O11PS.C6H15N/c1-17(30)37-14-19(40-18(2)31)15-39-41(35,36)38-13-12-27-23(33)9-4-3-7-11-26-22(32)10-6-5-8-21-24-20(16-42-21)28-25(34)29-24;1-4-7(5-2)6-3/h19-21,24H,3-16H2,1-2H3,(H,26,32)(H,27,33)(H,35,36)(H2,28,29,34);4-6H2,1-3H3/t19?,20-,21?,24-;/m0./s1. The summed E-state index contributed by atoms with van der Waals surface area (Å²) in [7, 11) is -4.49. The molecule has 16 nitrogen and oxygen atoms in total. The molecule has 5 N–H and O–H groups in total. The summed E-state index contributed by atoms with van der Waals surface area (Å²) in [5.41, 5.74) is 0.